The molecule has 1 aliphatic heterocycles. The van der Waals surface area contributed by atoms with Crippen LogP contribution >= 0.6 is 0 Å². The SMILES string of the molecule is CN(Cc1ccccc1[N+](=O)[O-])C(=O)/C=C/c1ccc(N2CCCC2=O)cc1. The van der Waals surface area contributed by atoms with Crippen molar-refractivity contribution in [1.29, 1.82) is 0 Å². The Kier molecular flexibility index (Phi) is 5.84. The minimum absolute atomic E-state index is 0.00169. The molecule has 1 saturated heterocycles. The van der Waals surface area contributed by atoms with Gasteiger partial charge in [0.15, 0.2) is 0 Å². The van der Waals surface area contributed by atoms with Gasteiger partial charge in [-0.25, -0.2) is 0 Å². The van der Waals surface area contributed by atoms with Gasteiger partial charge >= 0.3 is 0 Å². The summed E-state index contributed by atoms with van der Waals surface area (Å²) in [5.41, 5.74) is 2.18. The quantitative estimate of drug-likeness (QED) is 0.437. The minimum atomic E-state index is -0.448. The molecule has 1 fully saturated rings. The van der Waals surface area contributed by atoms with E-state index in [2.05, 4.69) is 0 Å². The number of rotatable bonds is 6. The number of amides is 2. The zero-order valence-corrected chi connectivity index (χ0v) is 15.6. The maximum atomic E-state index is 12.3. The number of carbonyl (C=O) groups excluding carboxylic acids is 2. The molecule has 2 aromatic rings. The van der Waals surface area contributed by atoms with Crippen molar-refractivity contribution in [1.82, 2.24) is 4.90 Å². The van der Waals surface area contributed by atoms with Crippen LogP contribution in [0.3, 0.4) is 0 Å². The van der Waals surface area contributed by atoms with E-state index in [4.69, 9.17) is 0 Å². The number of carbonyl (C=O) groups is 2. The standard InChI is InChI=1S/C21H21N3O4/c1-22(15-17-5-2-3-6-19(17)24(27)28)20(25)13-10-16-8-11-18(12-9-16)23-14-4-7-21(23)26/h2-3,5-6,8-13H,4,7,14-15H2,1H3/b13-10+. The second kappa shape index (κ2) is 8.47. The first-order valence-corrected chi connectivity index (χ1v) is 9.01. The summed E-state index contributed by atoms with van der Waals surface area (Å²) < 4.78 is 0. The van der Waals surface area contributed by atoms with Gasteiger partial charge in [0.1, 0.15) is 0 Å². The molecule has 0 spiro atoms. The molecule has 0 saturated carbocycles. The van der Waals surface area contributed by atoms with Crippen molar-refractivity contribution in [2.75, 3.05) is 18.5 Å². The van der Waals surface area contributed by atoms with Gasteiger partial charge in [-0.15, -0.1) is 0 Å². The molecule has 7 heteroatoms. The zero-order chi connectivity index (χ0) is 20.1. The van der Waals surface area contributed by atoms with E-state index in [9.17, 15) is 19.7 Å². The van der Waals surface area contributed by atoms with Gasteiger partial charge in [0, 0.05) is 43.4 Å². The summed E-state index contributed by atoms with van der Waals surface area (Å²) in [5, 5.41) is 11.1. The highest BCUT2D eigenvalue weighted by Gasteiger charge is 2.21. The summed E-state index contributed by atoms with van der Waals surface area (Å²) in [7, 11) is 1.60. The third-order valence-electron chi connectivity index (χ3n) is 4.67. The van der Waals surface area contributed by atoms with E-state index in [0.717, 1.165) is 24.2 Å². The molecule has 0 atom stereocenters. The smallest absolute Gasteiger partial charge is 0.274 e. The fourth-order valence-electron chi connectivity index (χ4n) is 3.14. The zero-order valence-electron chi connectivity index (χ0n) is 15.6. The number of nitrogens with zero attached hydrogens (tertiary/aromatic N) is 3. The summed E-state index contributed by atoms with van der Waals surface area (Å²) in [6, 6.07) is 13.8. The first-order chi connectivity index (χ1) is 13.5. The van der Waals surface area contributed by atoms with Gasteiger partial charge in [-0.3, -0.25) is 19.7 Å². The van der Waals surface area contributed by atoms with Crippen LogP contribution in [0, 0.1) is 10.1 Å². The van der Waals surface area contributed by atoms with E-state index in [0.29, 0.717) is 12.0 Å². The van der Waals surface area contributed by atoms with Crippen LogP contribution in [0.15, 0.2) is 54.6 Å². The number of hydrogen-bond donors (Lipinski definition) is 0. The molecule has 0 radical (unpaired) electrons. The number of nitro groups is 1. The molecule has 28 heavy (non-hydrogen) atoms. The number of nitro benzene ring substituents is 1. The Morgan fingerprint density at radius 1 is 1.21 bits per heavy atom. The summed E-state index contributed by atoms with van der Waals surface area (Å²) in [5.74, 6) is -0.118. The first kappa shape index (κ1) is 19.3. The van der Waals surface area contributed by atoms with Crippen molar-refractivity contribution in [3.8, 4) is 0 Å². The van der Waals surface area contributed by atoms with Crippen LogP contribution in [-0.2, 0) is 16.1 Å². The van der Waals surface area contributed by atoms with Crippen LogP contribution in [0.4, 0.5) is 11.4 Å². The number of hydrogen-bond acceptors (Lipinski definition) is 4. The van der Waals surface area contributed by atoms with Gasteiger partial charge < -0.3 is 9.80 Å². The molecule has 0 unspecified atom stereocenters. The van der Waals surface area contributed by atoms with Gasteiger partial charge in [0.25, 0.3) is 5.69 Å². The van der Waals surface area contributed by atoms with Crippen LogP contribution in [0.1, 0.15) is 24.0 Å². The van der Waals surface area contributed by atoms with E-state index in [1.54, 1.807) is 36.2 Å². The highest BCUT2D eigenvalue weighted by atomic mass is 16.6. The number of para-hydroxylation sites is 1. The molecule has 0 bridgehead atoms. The van der Waals surface area contributed by atoms with E-state index < -0.39 is 4.92 Å². The Labute approximate surface area is 163 Å². The van der Waals surface area contributed by atoms with Crippen molar-refractivity contribution in [3.05, 3.63) is 75.8 Å². The highest BCUT2D eigenvalue weighted by molar-refractivity contribution is 5.95. The van der Waals surface area contributed by atoms with Crippen molar-refractivity contribution in [2.24, 2.45) is 0 Å². The Morgan fingerprint density at radius 3 is 2.57 bits per heavy atom. The predicted octanol–water partition coefficient (Wildman–Crippen LogP) is 3.39. The van der Waals surface area contributed by atoms with Gasteiger partial charge in [0.2, 0.25) is 11.8 Å². The molecule has 7 nitrogen and oxygen atoms in total. The Balaban J connectivity index is 1.63. The van der Waals surface area contributed by atoms with Crippen LogP contribution < -0.4 is 4.90 Å². The molecule has 1 aliphatic rings. The monoisotopic (exact) mass is 379 g/mol. The second-order valence-corrected chi connectivity index (χ2v) is 6.65. The highest BCUT2D eigenvalue weighted by Crippen LogP contribution is 2.22. The van der Waals surface area contributed by atoms with Crippen molar-refractivity contribution in [3.63, 3.8) is 0 Å². The molecule has 0 aromatic heterocycles. The lowest BCUT2D eigenvalue weighted by molar-refractivity contribution is -0.385. The Morgan fingerprint density at radius 2 is 1.93 bits per heavy atom. The molecule has 2 aromatic carbocycles. The molecule has 0 aliphatic carbocycles. The summed E-state index contributed by atoms with van der Waals surface area (Å²) in [4.78, 5) is 38.0. The summed E-state index contributed by atoms with van der Waals surface area (Å²) in [6.07, 6.45) is 4.58. The number of anilines is 1. The molecule has 0 N–H and O–H groups in total. The lowest BCUT2D eigenvalue weighted by atomic mass is 10.1. The third-order valence-corrected chi connectivity index (χ3v) is 4.67. The Hall–Kier alpha value is -3.48. The van der Waals surface area contributed by atoms with E-state index in [1.807, 2.05) is 24.3 Å². The molecule has 2 amide bonds. The van der Waals surface area contributed by atoms with Crippen molar-refractivity contribution < 1.29 is 14.5 Å². The summed E-state index contributed by atoms with van der Waals surface area (Å²) in [6.45, 7) is 0.888. The third kappa shape index (κ3) is 4.43. The Bertz CT molecular complexity index is 922. The molecular formula is C21H21N3O4. The predicted molar refractivity (Wildman–Crippen MR) is 107 cm³/mol. The average Bonchev–Trinajstić information content (AvgIpc) is 3.12. The summed E-state index contributed by atoms with van der Waals surface area (Å²) >= 11 is 0. The van der Waals surface area contributed by atoms with Crippen LogP contribution in [0.5, 0.6) is 0 Å². The fourth-order valence-corrected chi connectivity index (χ4v) is 3.14. The number of benzene rings is 2. The van der Waals surface area contributed by atoms with E-state index >= 15 is 0 Å². The van der Waals surface area contributed by atoms with Crippen molar-refractivity contribution in [2.45, 2.75) is 19.4 Å². The minimum Gasteiger partial charge on any atom is -0.338 e. The molecule has 1 heterocycles. The number of likely N-dealkylation sites (N-methyl/N-ethyl adjacent to an activating group) is 1. The van der Waals surface area contributed by atoms with Crippen molar-refractivity contribution >= 4 is 29.3 Å². The second-order valence-electron chi connectivity index (χ2n) is 6.65. The van der Waals surface area contributed by atoms with Gasteiger partial charge in [-0.2, -0.15) is 0 Å². The van der Waals surface area contributed by atoms with Gasteiger partial charge in [-0.05, 0) is 30.2 Å². The van der Waals surface area contributed by atoms with Gasteiger partial charge in [0.05, 0.1) is 11.5 Å². The largest absolute Gasteiger partial charge is 0.338 e. The molecule has 144 valence electrons. The normalized spacial score (nSPS) is 13.9. The topological polar surface area (TPSA) is 83.8 Å². The van der Waals surface area contributed by atoms with Crippen LogP contribution in [-0.4, -0.2) is 35.2 Å². The first-order valence-electron chi connectivity index (χ1n) is 9.01. The van der Waals surface area contributed by atoms with E-state index in [1.165, 1.54) is 17.0 Å². The average molecular weight is 379 g/mol. The fraction of sp³-hybridized carbons (Fsp3) is 0.238. The maximum absolute atomic E-state index is 12.3. The van der Waals surface area contributed by atoms with Gasteiger partial charge in [-0.1, -0.05) is 30.3 Å². The molecular weight excluding hydrogens is 358 g/mol. The van der Waals surface area contributed by atoms with Crippen LogP contribution in [0.25, 0.3) is 6.08 Å². The van der Waals surface area contributed by atoms with E-state index in [-0.39, 0.29) is 24.0 Å². The lowest BCUT2D eigenvalue weighted by Crippen LogP contribution is -2.24. The maximum Gasteiger partial charge on any atom is 0.274 e. The molecule has 3 rings (SSSR count). The van der Waals surface area contributed by atoms with Crippen LogP contribution in [0.2, 0.25) is 0 Å². The lowest BCUT2D eigenvalue weighted by Gasteiger charge is -2.16.